The highest BCUT2D eigenvalue weighted by Crippen LogP contribution is 2.32. The van der Waals surface area contributed by atoms with E-state index in [4.69, 9.17) is 4.42 Å². The lowest BCUT2D eigenvalue weighted by atomic mass is 10.4. The zero-order valence-electron chi connectivity index (χ0n) is 7.99. The lowest BCUT2D eigenvalue weighted by Gasteiger charge is -2.00. The summed E-state index contributed by atoms with van der Waals surface area (Å²) in [6.07, 6.45) is 1.57. The molecule has 0 radical (unpaired) electrons. The van der Waals surface area contributed by atoms with Crippen molar-refractivity contribution in [2.24, 2.45) is 0 Å². The molecule has 4 nitrogen and oxygen atoms in total. The summed E-state index contributed by atoms with van der Waals surface area (Å²) >= 11 is 6.25. The lowest BCUT2D eigenvalue weighted by Crippen LogP contribution is -2.22. The van der Waals surface area contributed by atoms with Crippen LogP contribution in [0.4, 0.5) is 4.79 Å². The summed E-state index contributed by atoms with van der Waals surface area (Å²) in [6, 6.07) is 1.76. The minimum Gasteiger partial charge on any atom is -0.450 e. The van der Waals surface area contributed by atoms with Gasteiger partial charge < -0.3 is 4.42 Å². The molecule has 1 aliphatic rings. The van der Waals surface area contributed by atoms with Crippen molar-refractivity contribution in [2.45, 2.75) is 0 Å². The van der Waals surface area contributed by atoms with E-state index < -0.39 is 0 Å². The number of carbonyl (C=O) groups excluding carboxylic acids is 2. The van der Waals surface area contributed by atoms with Crippen LogP contribution in [0.2, 0.25) is 0 Å². The van der Waals surface area contributed by atoms with Crippen LogP contribution in [-0.4, -0.2) is 23.1 Å². The molecule has 7 heteroatoms. The summed E-state index contributed by atoms with van der Waals surface area (Å²) in [5, 5.41) is -0.267. The molecule has 1 aromatic rings. The Morgan fingerprint density at radius 2 is 2.25 bits per heavy atom. The highest BCUT2D eigenvalue weighted by molar-refractivity contribution is 14.1. The van der Waals surface area contributed by atoms with Crippen LogP contribution in [0.1, 0.15) is 5.76 Å². The van der Waals surface area contributed by atoms with Crippen LogP contribution >= 0.6 is 50.3 Å². The fraction of sp³-hybridized carbons (Fsp3) is 0.111. The molecule has 16 heavy (non-hydrogen) atoms. The van der Waals surface area contributed by atoms with E-state index in [1.165, 1.54) is 7.05 Å². The zero-order chi connectivity index (χ0) is 11.9. The van der Waals surface area contributed by atoms with E-state index >= 15 is 0 Å². The highest BCUT2D eigenvalue weighted by atomic mass is 127. The lowest BCUT2D eigenvalue weighted by molar-refractivity contribution is -0.121. The van der Waals surface area contributed by atoms with Crippen molar-refractivity contribution in [3.05, 3.63) is 25.0 Å². The molecule has 1 aliphatic heterocycles. The first-order valence-electron chi connectivity index (χ1n) is 4.15. The zero-order valence-corrected chi connectivity index (χ0v) is 12.6. The molecule has 0 spiro atoms. The Morgan fingerprint density at radius 3 is 2.69 bits per heavy atom. The molecule has 1 aromatic heterocycles. The monoisotopic (exact) mass is 413 g/mol. The maximum absolute atomic E-state index is 11.6. The Morgan fingerprint density at radius 1 is 1.56 bits per heavy atom. The van der Waals surface area contributed by atoms with Gasteiger partial charge in [0.1, 0.15) is 5.76 Å². The van der Waals surface area contributed by atoms with Crippen LogP contribution in [0.15, 0.2) is 19.9 Å². The van der Waals surface area contributed by atoms with Gasteiger partial charge in [-0.3, -0.25) is 14.5 Å². The summed E-state index contributed by atoms with van der Waals surface area (Å²) < 4.78 is 6.90. The number of amides is 2. The molecule has 0 atom stereocenters. The average Bonchev–Trinajstić information content (AvgIpc) is 2.64. The topological polar surface area (TPSA) is 50.5 Å². The summed E-state index contributed by atoms with van der Waals surface area (Å²) in [7, 11) is 1.46. The van der Waals surface area contributed by atoms with Gasteiger partial charge in [0.05, 0.1) is 9.38 Å². The van der Waals surface area contributed by atoms with Crippen LogP contribution in [0, 0.1) is 3.77 Å². The fourth-order valence-electron chi connectivity index (χ4n) is 1.11. The molecule has 0 saturated carbocycles. The molecule has 0 N–H and O–H groups in total. The Balaban J connectivity index is 2.32. The molecular weight excluding hydrogens is 409 g/mol. The molecule has 0 unspecified atom stereocenters. The van der Waals surface area contributed by atoms with Gasteiger partial charge in [0, 0.05) is 35.7 Å². The van der Waals surface area contributed by atoms with Crippen molar-refractivity contribution in [1.82, 2.24) is 4.90 Å². The first kappa shape index (κ1) is 12.2. The number of hydrogen-bond donors (Lipinski definition) is 0. The SMILES string of the molecule is CN1C(=O)SC(=Cc2cc(Br)c(I)o2)C1=O. The maximum Gasteiger partial charge on any atom is 0.293 e. The number of likely N-dealkylation sites (N-methyl/N-ethyl adjacent to an activating group) is 1. The van der Waals surface area contributed by atoms with Gasteiger partial charge >= 0.3 is 0 Å². The van der Waals surface area contributed by atoms with Gasteiger partial charge in [-0.1, -0.05) is 0 Å². The Kier molecular flexibility index (Phi) is 3.45. The third-order valence-corrected chi connectivity index (χ3v) is 5.02. The average molecular weight is 414 g/mol. The second kappa shape index (κ2) is 4.53. The molecule has 2 heterocycles. The number of rotatable bonds is 1. The van der Waals surface area contributed by atoms with Crippen LogP contribution in [-0.2, 0) is 4.79 Å². The molecule has 2 rings (SSSR count). The number of nitrogens with zero attached hydrogens (tertiary/aromatic N) is 1. The van der Waals surface area contributed by atoms with Gasteiger partial charge in [-0.05, 0) is 33.8 Å². The number of hydrogen-bond acceptors (Lipinski definition) is 4. The fourth-order valence-corrected chi connectivity index (χ4v) is 2.63. The molecule has 2 amide bonds. The minimum absolute atomic E-state index is 0.267. The van der Waals surface area contributed by atoms with Crippen molar-refractivity contribution >= 4 is 67.5 Å². The van der Waals surface area contributed by atoms with E-state index in [1.807, 2.05) is 22.6 Å². The van der Waals surface area contributed by atoms with Crippen LogP contribution in [0.25, 0.3) is 6.08 Å². The van der Waals surface area contributed by atoms with Gasteiger partial charge in [-0.15, -0.1) is 0 Å². The van der Waals surface area contributed by atoms with Crippen LogP contribution in [0.3, 0.4) is 0 Å². The van der Waals surface area contributed by atoms with E-state index in [0.717, 1.165) is 21.1 Å². The van der Waals surface area contributed by atoms with Crippen LogP contribution in [0.5, 0.6) is 0 Å². The first-order chi connectivity index (χ1) is 7.49. The van der Waals surface area contributed by atoms with Gasteiger partial charge in [-0.25, -0.2) is 0 Å². The number of halogens is 2. The smallest absolute Gasteiger partial charge is 0.293 e. The van der Waals surface area contributed by atoms with E-state index in [1.54, 1.807) is 12.1 Å². The predicted molar refractivity (Wildman–Crippen MR) is 72.9 cm³/mol. The maximum atomic E-state index is 11.6. The van der Waals surface area contributed by atoms with Crippen LogP contribution < -0.4 is 0 Å². The second-order valence-corrected chi connectivity index (χ2v) is 5.84. The third kappa shape index (κ3) is 2.21. The number of imide groups is 1. The summed E-state index contributed by atoms with van der Waals surface area (Å²) in [4.78, 5) is 24.3. The predicted octanol–water partition coefficient (Wildman–Crippen LogP) is 3.31. The second-order valence-electron chi connectivity index (χ2n) is 3.01. The molecule has 0 aliphatic carbocycles. The van der Waals surface area contributed by atoms with E-state index in [-0.39, 0.29) is 11.1 Å². The first-order valence-corrected chi connectivity index (χ1v) is 6.84. The molecule has 1 saturated heterocycles. The standard InChI is InChI=1S/C9H5BrINO3S/c1-12-8(13)6(16-9(12)14)3-4-2-5(10)7(11)15-4/h2-3H,1H3. The summed E-state index contributed by atoms with van der Waals surface area (Å²) in [5.74, 6) is 0.257. The number of thioether (sulfide) groups is 1. The number of furan rings is 1. The largest absolute Gasteiger partial charge is 0.450 e. The quantitative estimate of drug-likeness (QED) is 0.523. The third-order valence-electron chi connectivity index (χ3n) is 1.92. The van der Waals surface area contributed by atoms with E-state index in [9.17, 15) is 9.59 Å². The van der Waals surface area contributed by atoms with Gasteiger partial charge in [0.15, 0.2) is 3.77 Å². The van der Waals surface area contributed by atoms with Gasteiger partial charge in [0.2, 0.25) is 0 Å². The molecule has 1 fully saturated rings. The molecule has 0 aromatic carbocycles. The number of carbonyl (C=O) groups is 2. The molecule has 0 bridgehead atoms. The van der Waals surface area contributed by atoms with Crippen molar-refractivity contribution in [1.29, 1.82) is 0 Å². The van der Waals surface area contributed by atoms with Gasteiger partial charge in [-0.2, -0.15) is 0 Å². The van der Waals surface area contributed by atoms with Gasteiger partial charge in [0.25, 0.3) is 11.1 Å². The van der Waals surface area contributed by atoms with E-state index in [0.29, 0.717) is 14.4 Å². The van der Waals surface area contributed by atoms with Crippen molar-refractivity contribution in [3.8, 4) is 0 Å². The normalized spacial score (nSPS) is 18.9. The Bertz CT molecular complexity index is 491. The highest BCUT2D eigenvalue weighted by Gasteiger charge is 2.32. The Hall–Kier alpha value is -0.280. The summed E-state index contributed by atoms with van der Waals surface area (Å²) in [5.41, 5.74) is 0. The Labute approximate surface area is 118 Å². The summed E-state index contributed by atoms with van der Waals surface area (Å²) in [6.45, 7) is 0. The van der Waals surface area contributed by atoms with E-state index in [2.05, 4.69) is 15.9 Å². The minimum atomic E-state index is -0.294. The van der Waals surface area contributed by atoms with Crippen molar-refractivity contribution in [2.75, 3.05) is 7.05 Å². The molecule has 84 valence electrons. The van der Waals surface area contributed by atoms with Crippen molar-refractivity contribution < 1.29 is 14.0 Å². The molecular formula is C9H5BrINO3S. The van der Waals surface area contributed by atoms with Crippen molar-refractivity contribution in [3.63, 3.8) is 0 Å².